The summed E-state index contributed by atoms with van der Waals surface area (Å²) in [5.41, 5.74) is 0.479. The van der Waals surface area contributed by atoms with Gasteiger partial charge in [-0.2, -0.15) is 10.4 Å². The van der Waals surface area contributed by atoms with Gasteiger partial charge in [-0.15, -0.1) is 0 Å². The number of aromatic nitrogens is 2. The first-order chi connectivity index (χ1) is 14.0. The van der Waals surface area contributed by atoms with E-state index in [1.54, 1.807) is 6.07 Å². The van der Waals surface area contributed by atoms with E-state index in [9.17, 15) is 18.4 Å². The van der Waals surface area contributed by atoms with Crippen LogP contribution in [-0.2, 0) is 6.54 Å². The molecule has 1 heterocycles. The third-order valence-corrected chi connectivity index (χ3v) is 3.94. The zero-order valence-corrected chi connectivity index (χ0v) is 15.0. The van der Waals surface area contributed by atoms with E-state index in [0.29, 0.717) is 5.69 Å². The number of hydrogen-bond acceptors (Lipinski definition) is 4. The van der Waals surface area contributed by atoms with Crippen LogP contribution in [0, 0.1) is 23.0 Å². The third-order valence-electron chi connectivity index (χ3n) is 3.94. The highest BCUT2D eigenvalue weighted by Gasteiger charge is 2.20. The third kappa shape index (κ3) is 4.62. The van der Waals surface area contributed by atoms with Crippen molar-refractivity contribution in [1.29, 1.82) is 5.26 Å². The Kier molecular flexibility index (Phi) is 5.94. The Morgan fingerprint density at radius 1 is 1.07 bits per heavy atom. The fourth-order valence-corrected chi connectivity index (χ4v) is 2.62. The van der Waals surface area contributed by atoms with Crippen molar-refractivity contribution in [2.24, 2.45) is 0 Å². The summed E-state index contributed by atoms with van der Waals surface area (Å²) >= 11 is 0. The zero-order chi connectivity index (χ0) is 20.8. The van der Waals surface area contributed by atoms with Crippen molar-refractivity contribution in [2.45, 2.75) is 13.0 Å². The molecule has 2 N–H and O–H groups in total. The summed E-state index contributed by atoms with van der Waals surface area (Å²) in [6.45, 7) is 0.203. The van der Waals surface area contributed by atoms with Crippen molar-refractivity contribution in [3.63, 3.8) is 0 Å². The van der Waals surface area contributed by atoms with Crippen molar-refractivity contribution in [3.8, 4) is 17.3 Å². The second-order valence-corrected chi connectivity index (χ2v) is 5.92. The lowest BCUT2D eigenvalue weighted by atomic mass is 10.1. The van der Waals surface area contributed by atoms with E-state index in [2.05, 4.69) is 10.4 Å². The molecule has 0 atom stereocenters. The standard InChI is InChI=1S/C20H15F2N5O2/c21-14-8-4-9-15(22)18(14)19(28)25-20(29)24-17-12-16(13-6-2-1-3-7-13)26-27(17)11-5-10-23/h1-4,6-9,12H,5,11H2,(H2,24,25,28,29). The molecule has 7 nitrogen and oxygen atoms in total. The summed E-state index contributed by atoms with van der Waals surface area (Å²) in [5.74, 6) is -3.16. The van der Waals surface area contributed by atoms with Crippen LogP contribution in [0.1, 0.15) is 16.8 Å². The minimum atomic E-state index is -1.22. The van der Waals surface area contributed by atoms with Crippen LogP contribution >= 0.6 is 0 Å². The average Bonchev–Trinajstić information content (AvgIpc) is 3.09. The maximum atomic E-state index is 13.7. The summed E-state index contributed by atoms with van der Waals surface area (Å²) in [4.78, 5) is 24.2. The van der Waals surface area contributed by atoms with Gasteiger partial charge in [-0.05, 0) is 12.1 Å². The second-order valence-electron chi connectivity index (χ2n) is 5.92. The second kappa shape index (κ2) is 8.75. The fourth-order valence-electron chi connectivity index (χ4n) is 2.62. The van der Waals surface area contributed by atoms with Gasteiger partial charge >= 0.3 is 6.03 Å². The van der Waals surface area contributed by atoms with E-state index in [1.807, 2.05) is 41.7 Å². The summed E-state index contributed by atoms with van der Waals surface area (Å²) in [7, 11) is 0. The van der Waals surface area contributed by atoms with Crippen molar-refractivity contribution in [2.75, 3.05) is 5.32 Å². The molecule has 3 rings (SSSR count). The molecule has 0 unspecified atom stereocenters. The number of nitrogens with zero attached hydrogens (tertiary/aromatic N) is 3. The van der Waals surface area contributed by atoms with E-state index in [4.69, 9.17) is 5.26 Å². The molecule has 0 aliphatic rings. The van der Waals surface area contributed by atoms with E-state index in [-0.39, 0.29) is 18.8 Å². The predicted molar refractivity (Wildman–Crippen MR) is 101 cm³/mol. The molecule has 0 aliphatic heterocycles. The lowest BCUT2D eigenvalue weighted by molar-refractivity contribution is 0.0959. The van der Waals surface area contributed by atoms with Gasteiger partial charge in [-0.3, -0.25) is 15.4 Å². The zero-order valence-electron chi connectivity index (χ0n) is 15.0. The summed E-state index contributed by atoms with van der Waals surface area (Å²) in [5, 5.41) is 17.5. The number of nitrogens with one attached hydrogen (secondary N) is 2. The topological polar surface area (TPSA) is 99.8 Å². The van der Waals surface area contributed by atoms with Crippen LogP contribution in [0.5, 0.6) is 0 Å². The Bertz CT molecular complexity index is 1070. The van der Waals surface area contributed by atoms with Crippen molar-refractivity contribution >= 4 is 17.8 Å². The number of amides is 3. The molecule has 0 saturated heterocycles. The highest BCUT2D eigenvalue weighted by Crippen LogP contribution is 2.22. The maximum absolute atomic E-state index is 13.7. The first-order valence-electron chi connectivity index (χ1n) is 8.56. The normalized spacial score (nSPS) is 10.2. The number of carbonyl (C=O) groups is 2. The summed E-state index contributed by atoms with van der Waals surface area (Å²) < 4.78 is 28.8. The number of aryl methyl sites for hydroxylation is 1. The van der Waals surface area contributed by atoms with Crippen LogP contribution in [0.15, 0.2) is 54.6 Å². The molecule has 9 heteroatoms. The van der Waals surface area contributed by atoms with Gasteiger partial charge in [-0.25, -0.2) is 18.3 Å². The molecule has 1 aromatic heterocycles. The molecule has 146 valence electrons. The minimum Gasteiger partial charge on any atom is -0.292 e. The molecule has 0 bridgehead atoms. The Balaban J connectivity index is 1.79. The number of carbonyl (C=O) groups excluding carboxylic acids is 2. The van der Waals surface area contributed by atoms with Gasteiger partial charge in [0.2, 0.25) is 0 Å². The molecule has 0 radical (unpaired) electrons. The number of halogens is 2. The molecule has 2 aromatic carbocycles. The van der Waals surface area contributed by atoms with Gasteiger partial charge < -0.3 is 0 Å². The van der Waals surface area contributed by atoms with E-state index < -0.39 is 29.1 Å². The number of nitriles is 1. The van der Waals surface area contributed by atoms with Crippen molar-refractivity contribution < 1.29 is 18.4 Å². The largest absolute Gasteiger partial charge is 0.327 e. The first kappa shape index (κ1) is 19.7. The van der Waals surface area contributed by atoms with Gasteiger partial charge in [0.05, 0.1) is 24.7 Å². The van der Waals surface area contributed by atoms with Crippen molar-refractivity contribution in [3.05, 3.63) is 71.8 Å². The van der Waals surface area contributed by atoms with Gasteiger partial charge in [0.25, 0.3) is 5.91 Å². The first-order valence-corrected chi connectivity index (χ1v) is 8.56. The van der Waals surface area contributed by atoms with Crippen LogP contribution in [0.25, 0.3) is 11.3 Å². The Morgan fingerprint density at radius 2 is 1.76 bits per heavy atom. The van der Waals surface area contributed by atoms with Crippen LogP contribution in [0.2, 0.25) is 0 Å². The molecule has 0 fully saturated rings. The smallest absolute Gasteiger partial charge is 0.292 e. The minimum absolute atomic E-state index is 0.144. The highest BCUT2D eigenvalue weighted by atomic mass is 19.1. The van der Waals surface area contributed by atoms with Gasteiger partial charge in [0, 0.05) is 11.6 Å². The number of rotatable bonds is 5. The molecular weight excluding hydrogens is 380 g/mol. The van der Waals surface area contributed by atoms with Crippen LogP contribution < -0.4 is 10.6 Å². The SMILES string of the molecule is N#CCCn1nc(-c2ccccc2)cc1NC(=O)NC(=O)c1c(F)cccc1F. The number of urea groups is 1. The van der Waals surface area contributed by atoms with Gasteiger partial charge in [0.15, 0.2) is 0 Å². The molecular formula is C20H15F2N5O2. The number of imide groups is 1. The molecule has 3 amide bonds. The lowest BCUT2D eigenvalue weighted by Gasteiger charge is -2.09. The van der Waals surface area contributed by atoms with Gasteiger partial charge in [0.1, 0.15) is 23.0 Å². The monoisotopic (exact) mass is 395 g/mol. The van der Waals surface area contributed by atoms with E-state index in [0.717, 1.165) is 23.8 Å². The fraction of sp³-hybridized carbons (Fsp3) is 0.100. The Labute approximate surface area is 164 Å². The predicted octanol–water partition coefficient (Wildman–Crippen LogP) is 3.70. The Morgan fingerprint density at radius 3 is 2.41 bits per heavy atom. The molecule has 29 heavy (non-hydrogen) atoms. The average molecular weight is 395 g/mol. The molecule has 0 saturated carbocycles. The molecule has 3 aromatic rings. The van der Waals surface area contributed by atoms with Crippen molar-refractivity contribution in [1.82, 2.24) is 15.1 Å². The van der Waals surface area contributed by atoms with Crippen LogP contribution in [0.3, 0.4) is 0 Å². The van der Waals surface area contributed by atoms with E-state index in [1.165, 1.54) is 4.68 Å². The summed E-state index contributed by atoms with van der Waals surface area (Å²) in [6, 6.07) is 14.6. The van der Waals surface area contributed by atoms with Crippen LogP contribution in [0.4, 0.5) is 19.4 Å². The molecule has 0 aliphatic carbocycles. The molecule has 0 spiro atoms. The summed E-state index contributed by atoms with van der Waals surface area (Å²) in [6.07, 6.45) is 0.144. The van der Waals surface area contributed by atoms with Crippen LogP contribution in [-0.4, -0.2) is 21.7 Å². The number of anilines is 1. The highest BCUT2D eigenvalue weighted by molar-refractivity contribution is 6.08. The van der Waals surface area contributed by atoms with Gasteiger partial charge in [-0.1, -0.05) is 36.4 Å². The quantitative estimate of drug-likeness (QED) is 0.688. The Hall–Kier alpha value is -4.06. The number of hydrogen-bond donors (Lipinski definition) is 2. The van der Waals surface area contributed by atoms with E-state index >= 15 is 0 Å². The maximum Gasteiger partial charge on any atom is 0.327 e. The number of benzene rings is 2. The lowest BCUT2D eigenvalue weighted by Crippen LogP contribution is -2.36.